The highest BCUT2D eigenvalue weighted by Gasteiger charge is 2.11. The highest BCUT2D eigenvalue weighted by Crippen LogP contribution is 2.25. The Labute approximate surface area is 150 Å². The quantitative estimate of drug-likeness (QED) is 0.630. The maximum atomic E-state index is 12.1. The Bertz CT molecular complexity index is 728. The molecule has 0 atom stereocenters. The summed E-state index contributed by atoms with van der Waals surface area (Å²) in [5.74, 6) is -0.281. The first kappa shape index (κ1) is 18.1. The Morgan fingerprint density at radius 2 is 1.67 bits per heavy atom. The number of urea groups is 1. The number of esters is 1. The van der Waals surface area contributed by atoms with Gasteiger partial charge in [0.15, 0.2) is 0 Å². The van der Waals surface area contributed by atoms with Crippen LogP contribution in [-0.4, -0.2) is 30.5 Å². The van der Waals surface area contributed by atoms with Gasteiger partial charge in [0.2, 0.25) is 0 Å². The van der Waals surface area contributed by atoms with Crippen LogP contribution in [-0.2, 0) is 0 Å². The summed E-state index contributed by atoms with van der Waals surface area (Å²) >= 11 is 11.7. The molecule has 0 spiro atoms. The van der Waals surface area contributed by atoms with Crippen LogP contribution in [0.1, 0.15) is 17.3 Å². The number of nitrogens with one attached hydrogen (secondary N) is 1. The predicted octanol–water partition coefficient (Wildman–Crippen LogP) is 4.70. The van der Waals surface area contributed by atoms with Crippen LogP contribution >= 0.6 is 23.2 Å². The van der Waals surface area contributed by atoms with Crippen molar-refractivity contribution in [3.05, 3.63) is 58.1 Å². The van der Waals surface area contributed by atoms with Crippen LogP contribution in [0.2, 0.25) is 10.0 Å². The Balaban J connectivity index is 2.04. The highest BCUT2D eigenvalue weighted by atomic mass is 35.5. The summed E-state index contributed by atoms with van der Waals surface area (Å²) < 4.78 is 5.24. The number of amides is 2. The Morgan fingerprint density at radius 1 is 1.08 bits per heavy atom. The first-order chi connectivity index (χ1) is 11.4. The number of carbonyl (C=O) groups excluding carboxylic acids is 2. The number of rotatable bonds is 4. The molecular weight excluding hydrogens is 351 g/mol. The standard InChI is InChI=1S/C17H16Cl2N2O3/c1-3-21(2)17(23)20-14-6-4-11(5-7-14)16(22)24-15-9-12(18)8-13(19)10-15/h4-10H,3H2,1-2H3,(H,20,23). The number of anilines is 1. The van der Waals surface area contributed by atoms with Crippen LogP contribution in [0, 0.1) is 0 Å². The molecule has 0 aromatic heterocycles. The van der Waals surface area contributed by atoms with Gasteiger partial charge in [0.05, 0.1) is 5.56 Å². The van der Waals surface area contributed by atoms with Crippen LogP contribution in [0.4, 0.5) is 10.5 Å². The van der Waals surface area contributed by atoms with E-state index >= 15 is 0 Å². The fourth-order valence-electron chi connectivity index (χ4n) is 1.81. The summed E-state index contributed by atoms with van der Waals surface area (Å²) in [5.41, 5.74) is 0.926. The zero-order chi connectivity index (χ0) is 17.7. The third-order valence-corrected chi connectivity index (χ3v) is 3.68. The van der Waals surface area contributed by atoms with Gasteiger partial charge in [-0.3, -0.25) is 0 Å². The van der Waals surface area contributed by atoms with E-state index in [0.717, 1.165) is 0 Å². The molecule has 0 aliphatic heterocycles. The van der Waals surface area contributed by atoms with Gasteiger partial charge in [-0.05, 0) is 49.4 Å². The fraction of sp³-hybridized carbons (Fsp3) is 0.176. The SMILES string of the molecule is CCN(C)C(=O)Nc1ccc(C(=O)Oc2cc(Cl)cc(Cl)c2)cc1. The van der Waals surface area contributed by atoms with E-state index in [2.05, 4.69) is 5.32 Å². The number of ether oxygens (including phenoxy) is 1. The van der Waals surface area contributed by atoms with Gasteiger partial charge in [-0.25, -0.2) is 9.59 Å². The minimum Gasteiger partial charge on any atom is -0.423 e. The van der Waals surface area contributed by atoms with Crippen LogP contribution in [0.15, 0.2) is 42.5 Å². The topological polar surface area (TPSA) is 58.6 Å². The van der Waals surface area contributed by atoms with Crippen molar-refractivity contribution in [3.63, 3.8) is 0 Å². The van der Waals surface area contributed by atoms with E-state index < -0.39 is 5.97 Å². The molecule has 0 saturated heterocycles. The molecule has 126 valence electrons. The van der Waals surface area contributed by atoms with Crippen molar-refractivity contribution in [1.82, 2.24) is 4.90 Å². The Hall–Kier alpha value is -2.24. The maximum absolute atomic E-state index is 12.1. The van der Waals surface area contributed by atoms with Gasteiger partial charge in [0.25, 0.3) is 0 Å². The summed E-state index contributed by atoms with van der Waals surface area (Å²) in [6, 6.07) is 10.7. The van der Waals surface area contributed by atoms with E-state index in [-0.39, 0.29) is 11.8 Å². The molecule has 0 fully saturated rings. The first-order valence-electron chi connectivity index (χ1n) is 7.19. The minimum absolute atomic E-state index is 0.221. The van der Waals surface area contributed by atoms with Crippen molar-refractivity contribution >= 4 is 40.9 Å². The summed E-state index contributed by atoms with van der Waals surface area (Å²) in [7, 11) is 1.69. The Kier molecular flexibility index (Phi) is 6.06. The summed E-state index contributed by atoms with van der Waals surface area (Å²) in [5, 5.41) is 3.48. The van der Waals surface area contributed by atoms with E-state index in [9.17, 15) is 9.59 Å². The van der Waals surface area contributed by atoms with Crippen molar-refractivity contribution in [3.8, 4) is 5.75 Å². The molecule has 0 saturated carbocycles. The molecule has 0 heterocycles. The zero-order valence-corrected chi connectivity index (χ0v) is 14.7. The molecule has 0 aliphatic rings. The smallest absolute Gasteiger partial charge is 0.343 e. The van der Waals surface area contributed by atoms with Crippen LogP contribution < -0.4 is 10.1 Å². The van der Waals surface area contributed by atoms with Gasteiger partial charge < -0.3 is 15.0 Å². The van der Waals surface area contributed by atoms with E-state index in [1.807, 2.05) is 6.92 Å². The van der Waals surface area contributed by atoms with Crippen molar-refractivity contribution < 1.29 is 14.3 Å². The van der Waals surface area contributed by atoms with Crippen molar-refractivity contribution in [2.24, 2.45) is 0 Å². The van der Waals surface area contributed by atoms with Gasteiger partial charge in [-0.1, -0.05) is 23.2 Å². The molecule has 0 radical (unpaired) electrons. The molecule has 2 aromatic carbocycles. The average Bonchev–Trinajstić information content (AvgIpc) is 2.53. The van der Waals surface area contributed by atoms with Crippen molar-refractivity contribution in [1.29, 1.82) is 0 Å². The first-order valence-corrected chi connectivity index (χ1v) is 7.95. The second kappa shape index (κ2) is 8.04. The van der Waals surface area contributed by atoms with E-state index in [1.165, 1.54) is 17.0 Å². The van der Waals surface area contributed by atoms with E-state index in [1.54, 1.807) is 37.4 Å². The summed E-state index contributed by atoms with van der Waals surface area (Å²) in [4.78, 5) is 25.4. The third kappa shape index (κ3) is 4.88. The Morgan fingerprint density at radius 3 is 2.21 bits per heavy atom. The number of benzene rings is 2. The van der Waals surface area contributed by atoms with Gasteiger partial charge in [0.1, 0.15) is 5.75 Å². The second-order valence-electron chi connectivity index (χ2n) is 5.02. The monoisotopic (exact) mass is 366 g/mol. The molecular formula is C17H16Cl2N2O3. The average molecular weight is 367 g/mol. The number of hydrogen-bond donors (Lipinski definition) is 1. The van der Waals surface area contributed by atoms with Gasteiger partial charge in [0, 0.05) is 29.3 Å². The summed E-state index contributed by atoms with van der Waals surface area (Å²) in [6.45, 7) is 2.47. The lowest BCUT2D eigenvalue weighted by Crippen LogP contribution is -2.30. The summed E-state index contributed by atoms with van der Waals surface area (Å²) in [6.07, 6.45) is 0. The predicted molar refractivity (Wildman–Crippen MR) is 95.2 cm³/mol. The number of halogens is 2. The van der Waals surface area contributed by atoms with Crippen LogP contribution in [0.3, 0.4) is 0 Å². The largest absolute Gasteiger partial charge is 0.423 e. The lowest BCUT2D eigenvalue weighted by molar-refractivity contribution is 0.0735. The number of hydrogen-bond acceptors (Lipinski definition) is 3. The molecule has 0 bridgehead atoms. The van der Waals surface area contributed by atoms with Gasteiger partial charge in [-0.2, -0.15) is 0 Å². The maximum Gasteiger partial charge on any atom is 0.343 e. The molecule has 1 N–H and O–H groups in total. The second-order valence-corrected chi connectivity index (χ2v) is 5.89. The van der Waals surface area contributed by atoms with Crippen molar-refractivity contribution in [2.45, 2.75) is 6.92 Å². The van der Waals surface area contributed by atoms with E-state index in [0.29, 0.717) is 27.8 Å². The van der Waals surface area contributed by atoms with Crippen LogP contribution in [0.25, 0.3) is 0 Å². The van der Waals surface area contributed by atoms with Gasteiger partial charge in [-0.15, -0.1) is 0 Å². The number of nitrogens with zero attached hydrogens (tertiary/aromatic N) is 1. The lowest BCUT2D eigenvalue weighted by atomic mass is 10.2. The lowest BCUT2D eigenvalue weighted by Gasteiger charge is -2.15. The molecule has 7 heteroatoms. The van der Waals surface area contributed by atoms with Gasteiger partial charge >= 0.3 is 12.0 Å². The molecule has 2 rings (SSSR count). The molecule has 2 aromatic rings. The van der Waals surface area contributed by atoms with Crippen LogP contribution in [0.5, 0.6) is 5.75 Å². The molecule has 0 aliphatic carbocycles. The fourth-order valence-corrected chi connectivity index (χ4v) is 2.31. The third-order valence-electron chi connectivity index (χ3n) is 3.24. The molecule has 24 heavy (non-hydrogen) atoms. The molecule has 2 amide bonds. The number of carbonyl (C=O) groups is 2. The normalized spacial score (nSPS) is 10.2. The molecule has 5 nitrogen and oxygen atoms in total. The minimum atomic E-state index is -0.545. The zero-order valence-electron chi connectivity index (χ0n) is 13.2. The molecule has 0 unspecified atom stereocenters. The van der Waals surface area contributed by atoms with Crippen molar-refractivity contribution in [2.75, 3.05) is 18.9 Å². The highest BCUT2D eigenvalue weighted by molar-refractivity contribution is 6.34. The van der Waals surface area contributed by atoms with E-state index in [4.69, 9.17) is 27.9 Å².